The van der Waals surface area contributed by atoms with Gasteiger partial charge >= 0.3 is 6.09 Å². The van der Waals surface area contributed by atoms with Crippen LogP contribution in [0.1, 0.15) is 28.8 Å². The lowest BCUT2D eigenvalue weighted by Gasteiger charge is -2.07. The van der Waals surface area contributed by atoms with Crippen molar-refractivity contribution in [2.45, 2.75) is 19.4 Å². The van der Waals surface area contributed by atoms with Crippen molar-refractivity contribution in [3.8, 4) is 11.5 Å². The van der Waals surface area contributed by atoms with E-state index in [1.807, 2.05) is 30.3 Å². The van der Waals surface area contributed by atoms with Crippen LogP contribution < -0.4 is 14.8 Å². The lowest BCUT2D eigenvalue weighted by molar-refractivity contribution is 0.0977. The molecule has 6 heteroatoms. The van der Waals surface area contributed by atoms with E-state index >= 15 is 0 Å². The molecule has 0 unspecified atom stereocenters. The Kier molecular flexibility index (Phi) is 5.51. The van der Waals surface area contributed by atoms with Gasteiger partial charge in [-0.15, -0.1) is 0 Å². The van der Waals surface area contributed by atoms with E-state index in [9.17, 15) is 9.59 Å². The van der Waals surface area contributed by atoms with Crippen LogP contribution in [0.3, 0.4) is 0 Å². The Morgan fingerprint density at radius 3 is 2.68 bits per heavy atom. The second kappa shape index (κ2) is 8.19. The summed E-state index contributed by atoms with van der Waals surface area (Å²) < 4.78 is 15.6. The molecule has 0 aliphatic carbocycles. The SMILES string of the molecule is O=C(NCCCC(=O)c1ccc2c(c1)OCO2)OCc1ccccc1. The zero-order chi connectivity index (χ0) is 17.5. The molecule has 0 atom stereocenters. The number of rotatable bonds is 7. The second-order valence-corrected chi connectivity index (χ2v) is 5.58. The molecule has 1 heterocycles. The molecular weight excluding hydrogens is 322 g/mol. The molecule has 0 aromatic heterocycles. The fraction of sp³-hybridized carbons (Fsp3) is 0.263. The van der Waals surface area contributed by atoms with E-state index in [0.29, 0.717) is 36.4 Å². The van der Waals surface area contributed by atoms with Crippen molar-refractivity contribution >= 4 is 11.9 Å². The first-order valence-corrected chi connectivity index (χ1v) is 8.10. The molecule has 0 saturated carbocycles. The van der Waals surface area contributed by atoms with Gasteiger partial charge in [-0.05, 0) is 30.2 Å². The third-order valence-corrected chi connectivity index (χ3v) is 3.76. The highest BCUT2D eigenvalue weighted by Gasteiger charge is 2.16. The van der Waals surface area contributed by atoms with E-state index in [2.05, 4.69) is 5.32 Å². The fourth-order valence-corrected chi connectivity index (χ4v) is 2.43. The lowest BCUT2D eigenvalue weighted by atomic mass is 10.1. The van der Waals surface area contributed by atoms with Gasteiger partial charge in [0.15, 0.2) is 17.3 Å². The Morgan fingerprint density at radius 2 is 1.84 bits per heavy atom. The number of carbonyl (C=O) groups is 2. The van der Waals surface area contributed by atoms with Gasteiger partial charge in [-0.3, -0.25) is 4.79 Å². The standard InChI is InChI=1S/C19H19NO5/c21-16(15-8-9-17-18(11-15)25-13-24-17)7-4-10-20-19(22)23-12-14-5-2-1-3-6-14/h1-3,5-6,8-9,11H,4,7,10,12-13H2,(H,20,22). The summed E-state index contributed by atoms with van der Waals surface area (Å²) in [4.78, 5) is 23.8. The Balaban J connectivity index is 1.35. The minimum Gasteiger partial charge on any atom is -0.454 e. The highest BCUT2D eigenvalue weighted by atomic mass is 16.7. The van der Waals surface area contributed by atoms with E-state index < -0.39 is 6.09 Å². The first-order valence-electron chi connectivity index (χ1n) is 8.10. The average Bonchev–Trinajstić information content (AvgIpc) is 3.12. The minimum absolute atomic E-state index is 0.00208. The zero-order valence-electron chi connectivity index (χ0n) is 13.7. The maximum Gasteiger partial charge on any atom is 0.407 e. The van der Waals surface area contributed by atoms with Crippen LogP contribution >= 0.6 is 0 Å². The number of ketones is 1. The topological polar surface area (TPSA) is 73.9 Å². The normalized spacial score (nSPS) is 11.8. The van der Waals surface area contributed by atoms with Crippen LogP contribution in [0.25, 0.3) is 0 Å². The van der Waals surface area contributed by atoms with E-state index in [4.69, 9.17) is 14.2 Å². The second-order valence-electron chi connectivity index (χ2n) is 5.58. The fourth-order valence-electron chi connectivity index (χ4n) is 2.43. The van der Waals surface area contributed by atoms with Crippen LogP contribution in [0.2, 0.25) is 0 Å². The van der Waals surface area contributed by atoms with Crippen molar-refractivity contribution in [2.75, 3.05) is 13.3 Å². The van der Waals surface area contributed by atoms with Crippen LogP contribution in [0.5, 0.6) is 11.5 Å². The van der Waals surface area contributed by atoms with Crippen LogP contribution in [0.4, 0.5) is 4.79 Å². The molecule has 1 aliphatic heterocycles. The van der Waals surface area contributed by atoms with Crippen molar-refractivity contribution in [3.05, 3.63) is 59.7 Å². The summed E-state index contributed by atoms with van der Waals surface area (Å²) in [5.41, 5.74) is 1.51. The van der Waals surface area contributed by atoms with Gasteiger partial charge in [0.25, 0.3) is 0 Å². The number of alkyl carbamates (subject to hydrolysis) is 1. The number of benzene rings is 2. The van der Waals surface area contributed by atoms with Gasteiger partial charge in [-0.2, -0.15) is 0 Å². The van der Waals surface area contributed by atoms with Crippen LogP contribution in [0.15, 0.2) is 48.5 Å². The van der Waals surface area contributed by atoms with Crippen molar-refractivity contribution in [1.29, 1.82) is 0 Å². The van der Waals surface area contributed by atoms with Gasteiger partial charge in [0.2, 0.25) is 6.79 Å². The van der Waals surface area contributed by atoms with Crippen molar-refractivity contribution < 1.29 is 23.8 Å². The number of hydrogen-bond acceptors (Lipinski definition) is 5. The molecular formula is C19H19NO5. The maximum atomic E-state index is 12.2. The Bertz CT molecular complexity index is 745. The number of carbonyl (C=O) groups excluding carboxylic acids is 2. The Hall–Kier alpha value is -3.02. The molecule has 25 heavy (non-hydrogen) atoms. The van der Waals surface area contributed by atoms with Crippen LogP contribution in [-0.4, -0.2) is 25.2 Å². The number of amides is 1. The van der Waals surface area contributed by atoms with Crippen molar-refractivity contribution in [1.82, 2.24) is 5.32 Å². The number of hydrogen-bond donors (Lipinski definition) is 1. The molecule has 0 fully saturated rings. The molecule has 0 bridgehead atoms. The van der Waals surface area contributed by atoms with E-state index in [-0.39, 0.29) is 19.2 Å². The number of ether oxygens (including phenoxy) is 3. The van der Waals surface area contributed by atoms with Gasteiger partial charge in [0.05, 0.1) is 0 Å². The average molecular weight is 341 g/mol. The highest BCUT2D eigenvalue weighted by molar-refractivity contribution is 5.96. The summed E-state index contributed by atoms with van der Waals surface area (Å²) in [5.74, 6) is 1.24. The van der Waals surface area contributed by atoms with Gasteiger partial charge in [0, 0.05) is 18.5 Å². The predicted molar refractivity (Wildman–Crippen MR) is 90.8 cm³/mol. The molecule has 2 aromatic carbocycles. The molecule has 130 valence electrons. The summed E-state index contributed by atoms with van der Waals surface area (Å²) >= 11 is 0. The van der Waals surface area contributed by atoms with Gasteiger partial charge in [-0.1, -0.05) is 30.3 Å². The van der Waals surface area contributed by atoms with E-state index in [1.54, 1.807) is 18.2 Å². The zero-order valence-corrected chi connectivity index (χ0v) is 13.7. The predicted octanol–water partition coefficient (Wildman–Crippen LogP) is 3.30. The number of fused-ring (bicyclic) bond motifs is 1. The summed E-state index contributed by atoms with van der Waals surface area (Å²) in [6.45, 7) is 0.786. The summed E-state index contributed by atoms with van der Waals surface area (Å²) in [6, 6.07) is 14.6. The largest absolute Gasteiger partial charge is 0.454 e. The van der Waals surface area contributed by atoms with E-state index in [1.165, 1.54) is 0 Å². The van der Waals surface area contributed by atoms with Crippen LogP contribution in [0, 0.1) is 0 Å². The smallest absolute Gasteiger partial charge is 0.407 e. The molecule has 1 aliphatic rings. The van der Waals surface area contributed by atoms with Gasteiger partial charge in [-0.25, -0.2) is 4.79 Å². The molecule has 0 saturated heterocycles. The third kappa shape index (κ3) is 4.73. The number of nitrogens with one attached hydrogen (secondary N) is 1. The van der Waals surface area contributed by atoms with E-state index in [0.717, 1.165) is 5.56 Å². The highest BCUT2D eigenvalue weighted by Crippen LogP contribution is 2.32. The first-order chi connectivity index (χ1) is 12.2. The first kappa shape index (κ1) is 16.8. The molecule has 1 N–H and O–H groups in total. The Morgan fingerprint density at radius 1 is 1.04 bits per heavy atom. The maximum absolute atomic E-state index is 12.2. The number of Topliss-reactive ketones (excluding diaryl/α,β-unsaturated/α-hetero) is 1. The van der Waals surface area contributed by atoms with Gasteiger partial charge < -0.3 is 19.5 Å². The third-order valence-electron chi connectivity index (χ3n) is 3.76. The summed E-state index contributed by atoms with van der Waals surface area (Å²) in [7, 11) is 0. The molecule has 6 nitrogen and oxygen atoms in total. The lowest BCUT2D eigenvalue weighted by Crippen LogP contribution is -2.25. The molecule has 3 rings (SSSR count). The minimum atomic E-state index is -0.487. The van der Waals surface area contributed by atoms with Crippen LogP contribution in [-0.2, 0) is 11.3 Å². The molecule has 2 aromatic rings. The van der Waals surface area contributed by atoms with Gasteiger partial charge in [0.1, 0.15) is 6.61 Å². The summed E-state index contributed by atoms with van der Waals surface area (Å²) in [5, 5.41) is 2.64. The molecule has 1 amide bonds. The quantitative estimate of drug-likeness (QED) is 0.618. The summed E-state index contributed by atoms with van der Waals surface area (Å²) in [6.07, 6.45) is 0.381. The van der Waals surface area contributed by atoms with Crippen molar-refractivity contribution in [3.63, 3.8) is 0 Å². The molecule has 0 spiro atoms. The Labute approximate surface area is 145 Å². The van der Waals surface area contributed by atoms with Crippen molar-refractivity contribution in [2.24, 2.45) is 0 Å². The molecule has 0 radical (unpaired) electrons. The monoisotopic (exact) mass is 341 g/mol.